The number of aromatic nitrogens is 3. The molecule has 0 unspecified atom stereocenters. The number of aromatic carboxylic acids is 1. The summed E-state index contributed by atoms with van der Waals surface area (Å²) in [4.78, 5) is 23.6. The summed E-state index contributed by atoms with van der Waals surface area (Å²) >= 11 is 0. The summed E-state index contributed by atoms with van der Waals surface area (Å²) in [6, 6.07) is 2.09. The van der Waals surface area contributed by atoms with Crippen LogP contribution in [0.5, 0.6) is 0 Å². The Labute approximate surface area is 145 Å². The molecule has 1 aliphatic carbocycles. The molecule has 4 rings (SSSR count). The number of carboxylic acids is 1. The summed E-state index contributed by atoms with van der Waals surface area (Å²) in [5, 5.41) is 13.1. The largest absolute Gasteiger partial charge is 0.478 e. The third kappa shape index (κ3) is 3.34. The molecule has 0 aromatic carbocycles. The van der Waals surface area contributed by atoms with E-state index in [4.69, 9.17) is 9.63 Å². The molecular weight excluding hydrogens is 322 g/mol. The standard InChI is InChI=1S/C17H21N5O3/c1-17(2-3-17)14-8-13(20-25-14)11-21-4-6-22(7-5-21)16-18-9-12(10-19-16)15(23)24/h8-10H,2-7,11H2,1H3,(H,23,24). The van der Waals surface area contributed by atoms with Crippen molar-refractivity contribution >= 4 is 11.9 Å². The van der Waals surface area contributed by atoms with Crippen LogP contribution in [0.25, 0.3) is 0 Å². The quantitative estimate of drug-likeness (QED) is 0.873. The van der Waals surface area contributed by atoms with E-state index in [-0.39, 0.29) is 11.0 Å². The third-order valence-corrected chi connectivity index (χ3v) is 5.08. The SMILES string of the molecule is CC1(c2cc(CN3CCN(c4ncc(C(=O)O)cn4)CC3)no2)CC1. The Morgan fingerprint density at radius 2 is 1.92 bits per heavy atom. The average Bonchev–Trinajstić information content (AvgIpc) is 3.19. The van der Waals surface area contributed by atoms with Crippen LogP contribution in [0.2, 0.25) is 0 Å². The first-order chi connectivity index (χ1) is 12.0. The lowest BCUT2D eigenvalue weighted by atomic mass is 10.1. The van der Waals surface area contributed by atoms with E-state index in [0.29, 0.717) is 5.95 Å². The molecule has 1 N–H and O–H groups in total. The van der Waals surface area contributed by atoms with Gasteiger partial charge in [0.15, 0.2) is 0 Å². The van der Waals surface area contributed by atoms with Gasteiger partial charge in [-0.1, -0.05) is 12.1 Å². The van der Waals surface area contributed by atoms with E-state index in [0.717, 1.165) is 44.2 Å². The van der Waals surface area contributed by atoms with Crippen molar-refractivity contribution in [3.63, 3.8) is 0 Å². The zero-order chi connectivity index (χ0) is 17.4. The third-order valence-electron chi connectivity index (χ3n) is 5.08. The average molecular weight is 343 g/mol. The van der Waals surface area contributed by atoms with Crippen LogP contribution in [-0.2, 0) is 12.0 Å². The molecule has 0 atom stereocenters. The van der Waals surface area contributed by atoms with E-state index in [1.807, 2.05) is 0 Å². The van der Waals surface area contributed by atoms with Gasteiger partial charge in [0.1, 0.15) is 5.76 Å². The van der Waals surface area contributed by atoms with Crippen molar-refractivity contribution in [2.45, 2.75) is 31.7 Å². The van der Waals surface area contributed by atoms with Gasteiger partial charge in [-0.15, -0.1) is 0 Å². The fraction of sp³-hybridized carbons (Fsp3) is 0.529. The Hall–Kier alpha value is -2.48. The van der Waals surface area contributed by atoms with Crippen molar-refractivity contribution in [3.8, 4) is 0 Å². The molecule has 8 nitrogen and oxygen atoms in total. The van der Waals surface area contributed by atoms with Gasteiger partial charge in [-0.3, -0.25) is 4.90 Å². The minimum Gasteiger partial charge on any atom is -0.478 e. The minimum atomic E-state index is -1.01. The van der Waals surface area contributed by atoms with E-state index in [9.17, 15) is 4.79 Å². The van der Waals surface area contributed by atoms with Crippen molar-refractivity contribution in [2.75, 3.05) is 31.1 Å². The predicted molar refractivity (Wildman–Crippen MR) is 89.6 cm³/mol. The zero-order valence-corrected chi connectivity index (χ0v) is 14.2. The normalized spacial score (nSPS) is 19.8. The summed E-state index contributed by atoms with van der Waals surface area (Å²) in [7, 11) is 0. The topological polar surface area (TPSA) is 95.6 Å². The fourth-order valence-corrected chi connectivity index (χ4v) is 3.03. The summed E-state index contributed by atoms with van der Waals surface area (Å²) in [5.41, 5.74) is 1.30. The number of anilines is 1. The molecule has 0 radical (unpaired) electrons. The number of carbonyl (C=O) groups is 1. The molecule has 2 aliphatic rings. The van der Waals surface area contributed by atoms with Crippen LogP contribution in [-0.4, -0.2) is 57.3 Å². The predicted octanol–water partition coefficient (Wildman–Crippen LogP) is 1.54. The molecule has 2 aromatic rings. The van der Waals surface area contributed by atoms with Crippen molar-refractivity contribution < 1.29 is 14.4 Å². The van der Waals surface area contributed by atoms with Crippen LogP contribution in [0.4, 0.5) is 5.95 Å². The van der Waals surface area contributed by atoms with Crippen LogP contribution >= 0.6 is 0 Å². The maximum Gasteiger partial charge on any atom is 0.338 e. The van der Waals surface area contributed by atoms with Gasteiger partial charge in [0.2, 0.25) is 5.95 Å². The molecule has 0 bridgehead atoms. The van der Waals surface area contributed by atoms with Crippen molar-refractivity contribution in [2.24, 2.45) is 0 Å². The van der Waals surface area contributed by atoms with E-state index >= 15 is 0 Å². The van der Waals surface area contributed by atoms with Crippen LogP contribution < -0.4 is 4.90 Å². The van der Waals surface area contributed by atoms with Gasteiger partial charge in [-0.05, 0) is 12.8 Å². The van der Waals surface area contributed by atoms with Crippen LogP contribution in [0.1, 0.15) is 41.6 Å². The first kappa shape index (κ1) is 16.0. The Morgan fingerprint density at radius 3 is 2.52 bits per heavy atom. The van der Waals surface area contributed by atoms with Gasteiger partial charge in [0.05, 0.1) is 11.3 Å². The lowest BCUT2D eigenvalue weighted by Gasteiger charge is -2.34. The first-order valence-electron chi connectivity index (χ1n) is 8.52. The number of carboxylic acid groups (broad SMARTS) is 1. The van der Waals surface area contributed by atoms with Gasteiger partial charge in [0, 0.05) is 56.6 Å². The van der Waals surface area contributed by atoms with Gasteiger partial charge in [-0.2, -0.15) is 0 Å². The van der Waals surface area contributed by atoms with Crippen molar-refractivity contribution in [1.29, 1.82) is 0 Å². The molecule has 8 heteroatoms. The van der Waals surface area contributed by atoms with E-state index in [1.165, 1.54) is 25.2 Å². The molecule has 132 valence electrons. The highest BCUT2D eigenvalue weighted by Gasteiger charge is 2.42. The fourth-order valence-electron chi connectivity index (χ4n) is 3.03. The number of hydrogen-bond acceptors (Lipinski definition) is 7. The second-order valence-corrected chi connectivity index (χ2v) is 7.08. The molecule has 2 fully saturated rings. The zero-order valence-electron chi connectivity index (χ0n) is 14.2. The van der Waals surface area contributed by atoms with Crippen LogP contribution in [0.3, 0.4) is 0 Å². The monoisotopic (exact) mass is 343 g/mol. The van der Waals surface area contributed by atoms with Crippen LogP contribution in [0, 0.1) is 0 Å². The van der Waals surface area contributed by atoms with Crippen LogP contribution in [0.15, 0.2) is 23.0 Å². The van der Waals surface area contributed by atoms with Gasteiger partial charge in [0.25, 0.3) is 0 Å². The van der Waals surface area contributed by atoms with Gasteiger partial charge in [-0.25, -0.2) is 14.8 Å². The lowest BCUT2D eigenvalue weighted by Crippen LogP contribution is -2.46. The lowest BCUT2D eigenvalue weighted by molar-refractivity contribution is 0.0696. The molecule has 2 aromatic heterocycles. The highest BCUT2D eigenvalue weighted by Crippen LogP contribution is 2.47. The summed E-state index contributed by atoms with van der Waals surface area (Å²) < 4.78 is 5.50. The molecule has 0 amide bonds. The minimum absolute atomic E-state index is 0.105. The van der Waals surface area contributed by atoms with E-state index in [2.05, 4.69) is 37.9 Å². The highest BCUT2D eigenvalue weighted by atomic mass is 16.5. The molecule has 1 aliphatic heterocycles. The summed E-state index contributed by atoms with van der Waals surface area (Å²) in [6.07, 6.45) is 5.07. The second kappa shape index (κ2) is 6.11. The van der Waals surface area contributed by atoms with E-state index < -0.39 is 5.97 Å². The van der Waals surface area contributed by atoms with Crippen molar-refractivity contribution in [3.05, 3.63) is 35.5 Å². The smallest absolute Gasteiger partial charge is 0.338 e. The Balaban J connectivity index is 1.32. The molecule has 0 spiro atoms. The maximum absolute atomic E-state index is 10.9. The summed E-state index contributed by atoms with van der Waals surface area (Å²) in [5.74, 6) is 0.575. The Kier molecular flexibility index (Phi) is 3.91. The Bertz CT molecular complexity index is 761. The highest BCUT2D eigenvalue weighted by molar-refractivity contribution is 5.86. The number of rotatable bonds is 5. The van der Waals surface area contributed by atoms with Gasteiger partial charge >= 0.3 is 5.97 Å². The van der Waals surface area contributed by atoms with Crippen molar-refractivity contribution in [1.82, 2.24) is 20.0 Å². The second-order valence-electron chi connectivity index (χ2n) is 7.08. The number of piperazine rings is 1. The number of nitrogens with zero attached hydrogens (tertiary/aromatic N) is 5. The Morgan fingerprint density at radius 1 is 1.24 bits per heavy atom. The number of hydrogen-bond donors (Lipinski definition) is 1. The summed E-state index contributed by atoms with van der Waals surface area (Å²) in [6.45, 7) is 6.36. The molecule has 1 saturated heterocycles. The van der Waals surface area contributed by atoms with Gasteiger partial charge < -0.3 is 14.5 Å². The molecular formula is C17H21N5O3. The van der Waals surface area contributed by atoms with E-state index in [1.54, 1.807) is 0 Å². The first-order valence-corrected chi connectivity index (χ1v) is 8.52. The molecule has 3 heterocycles. The maximum atomic E-state index is 10.9. The molecule has 1 saturated carbocycles. The molecule has 25 heavy (non-hydrogen) atoms.